The summed E-state index contributed by atoms with van der Waals surface area (Å²) in [6.07, 6.45) is 0. The normalized spacial score (nSPS) is 16.5. The van der Waals surface area contributed by atoms with Gasteiger partial charge in [0.25, 0.3) is 0 Å². The van der Waals surface area contributed by atoms with E-state index >= 15 is 0 Å². The molecule has 4 aromatic heterocycles. The van der Waals surface area contributed by atoms with Gasteiger partial charge >= 0.3 is 0 Å². The molecule has 0 saturated heterocycles. The average Bonchev–Trinajstić information content (AvgIpc) is 1.53. The smallest absolute Gasteiger partial charge is 0.0654 e. The number of benzene rings is 12. The average molecular weight is 1620 g/mol. The standard InChI is InChI=1S/C84H48I4N4/c85-49-33-25-45(26-34-49)65-77-69-53-17-1-9-41-10-2-18-54(61(41)53)70(69)78(89-77)66(46-27-35-50(86)36-28-46)80-73-57-21-5-13-43-14-6-22-58(63(43)57)74(73)82(91-80)68(48-31-39-52(88)40-32-48)84-76-60-24-8-16-44-15-7-23-59(64(44)60)75(76)83(92-84)67(47-29-37-51(87)38-30-47)81-72-56-20-4-12-42-11-3-19-55(62(42)56)71(72)79(65)90-81/h1-40,65-68,89-92H. The lowest BCUT2D eigenvalue weighted by Crippen LogP contribution is -2.12. The van der Waals surface area contributed by atoms with E-state index in [0.717, 1.165) is 0 Å². The lowest BCUT2D eigenvalue weighted by atomic mass is 9.83. The monoisotopic (exact) mass is 1620 g/mol. The number of hydrogen-bond acceptors (Lipinski definition) is 0. The van der Waals surface area contributed by atoms with Crippen LogP contribution in [0.4, 0.5) is 0 Å². The molecule has 0 unspecified atom stereocenters. The summed E-state index contributed by atoms with van der Waals surface area (Å²) in [5.41, 5.74) is 34.6. The highest BCUT2D eigenvalue weighted by Gasteiger charge is 2.46. The Morgan fingerprint density at radius 2 is 0.337 bits per heavy atom. The topological polar surface area (TPSA) is 63.2 Å². The van der Waals surface area contributed by atoms with Gasteiger partial charge in [-0.25, -0.2) is 0 Å². The highest BCUT2D eigenvalue weighted by atomic mass is 127. The molecule has 16 aromatic rings. The molecule has 0 aliphatic heterocycles. The third kappa shape index (κ3) is 7.21. The fourth-order valence-corrected chi connectivity index (χ4v) is 19.1. The highest BCUT2D eigenvalue weighted by molar-refractivity contribution is 14.1. The van der Waals surface area contributed by atoms with Gasteiger partial charge in [-0.05, 0) is 249 Å². The number of H-pyrrole nitrogens is 4. The predicted molar refractivity (Wildman–Crippen MR) is 411 cm³/mol. The minimum atomic E-state index is -0.301. The maximum absolute atomic E-state index is 4.62. The van der Waals surface area contributed by atoms with Crippen molar-refractivity contribution in [3.8, 4) is 89.0 Å². The van der Waals surface area contributed by atoms with Crippen molar-refractivity contribution in [2.75, 3.05) is 0 Å². The lowest BCUT2D eigenvalue weighted by molar-refractivity contribution is 0.813. The molecule has 8 heteroatoms. The maximum atomic E-state index is 4.62. The van der Waals surface area contributed by atoms with Gasteiger partial charge in [0.05, 0.1) is 23.7 Å². The summed E-state index contributed by atoms with van der Waals surface area (Å²) in [6.45, 7) is 0. The van der Waals surface area contributed by atoms with Gasteiger partial charge in [0, 0.05) is 104 Å². The second-order valence-electron chi connectivity index (χ2n) is 25.6. The van der Waals surface area contributed by atoms with Crippen LogP contribution in [0.25, 0.3) is 132 Å². The summed E-state index contributed by atoms with van der Waals surface area (Å²) in [4.78, 5) is 18.5. The van der Waals surface area contributed by atoms with Crippen molar-refractivity contribution in [1.29, 1.82) is 0 Å². The molecule has 0 spiro atoms. The van der Waals surface area contributed by atoms with Crippen molar-refractivity contribution in [1.82, 2.24) is 19.9 Å². The van der Waals surface area contributed by atoms with E-state index in [0.29, 0.717) is 0 Å². The molecule has 0 saturated carbocycles. The second-order valence-corrected chi connectivity index (χ2v) is 30.6. The van der Waals surface area contributed by atoms with Crippen LogP contribution in [0.2, 0.25) is 0 Å². The Kier molecular flexibility index (Phi) is 11.4. The van der Waals surface area contributed by atoms with Crippen molar-refractivity contribution < 1.29 is 0 Å². The molecule has 8 bridgehead atoms. The van der Waals surface area contributed by atoms with E-state index in [1.807, 2.05) is 0 Å². The van der Waals surface area contributed by atoms with Crippen molar-refractivity contribution in [3.63, 3.8) is 0 Å². The van der Waals surface area contributed by atoms with Crippen molar-refractivity contribution >= 4 is 133 Å². The second kappa shape index (κ2) is 19.6. The van der Waals surface area contributed by atoms with Gasteiger partial charge in [0.1, 0.15) is 0 Å². The summed E-state index contributed by atoms with van der Waals surface area (Å²) in [5.74, 6) is -1.20. The molecule has 0 fully saturated rings. The summed E-state index contributed by atoms with van der Waals surface area (Å²) in [6, 6.07) is 93.6. The van der Waals surface area contributed by atoms with Crippen LogP contribution in [0.1, 0.15) is 91.5 Å². The fourth-order valence-electron chi connectivity index (χ4n) is 17.7. The van der Waals surface area contributed by atoms with Crippen LogP contribution in [0.5, 0.6) is 0 Å². The largest absolute Gasteiger partial charge is 0.360 e. The SMILES string of the molecule is Ic1ccc(C2c3[nH]c(c4c3-c3cccc5cccc-4c35)C(c3ccc(I)cc3)c3[nH]c(c4c3-c3cccc5cccc-4c35)C(c3ccc(I)cc3)c3[nH]c(c4c3-c3cccc5cccc-4c35)C(c3ccc(I)cc3)c3[nH]c2c2c3-c3cccc4cccc-2c34)cc1. The number of hydrogen-bond donors (Lipinski definition) is 4. The molecule has 21 rings (SSSR count). The Balaban J connectivity index is 1.00. The molecule has 0 amide bonds. The Morgan fingerprint density at radius 1 is 0.185 bits per heavy atom. The van der Waals surface area contributed by atoms with Crippen LogP contribution < -0.4 is 0 Å². The van der Waals surface area contributed by atoms with Crippen LogP contribution in [-0.4, -0.2) is 19.9 Å². The molecule has 5 aliphatic carbocycles. The zero-order chi connectivity index (χ0) is 60.5. The first-order valence-corrected chi connectivity index (χ1v) is 35.8. The molecule has 5 aliphatic rings. The van der Waals surface area contributed by atoms with E-state index in [2.05, 4.69) is 353 Å². The molecule has 4 nitrogen and oxygen atoms in total. The van der Waals surface area contributed by atoms with Gasteiger partial charge in [0.15, 0.2) is 0 Å². The van der Waals surface area contributed by atoms with E-state index in [1.165, 1.54) is 214 Å². The van der Waals surface area contributed by atoms with Crippen LogP contribution in [0.3, 0.4) is 0 Å². The zero-order valence-corrected chi connectivity index (χ0v) is 57.5. The number of aromatic amines is 4. The Morgan fingerprint density at radius 3 is 0.489 bits per heavy atom. The van der Waals surface area contributed by atoms with E-state index in [4.69, 9.17) is 0 Å². The van der Waals surface area contributed by atoms with E-state index in [1.54, 1.807) is 0 Å². The number of nitrogens with one attached hydrogen (secondary N) is 4. The van der Waals surface area contributed by atoms with Crippen molar-refractivity contribution in [3.05, 3.63) is 325 Å². The Labute approximate surface area is 584 Å². The quantitative estimate of drug-likeness (QED) is 0.127. The number of rotatable bonds is 4. The van der Waals surface area contributed by atoms with Crippen molar-refractivity contribution in [2.24, 2.45) is 0 Å². The summed E-state index contributed by atoms with van der Waals surface area (Å²) >= 11 is 9.97. The molecule has 92 heavy (non-hydrogen) atoms. The molecule has 4 heterocycles. The van der Waals surface area contributed by atoms with Crippen LogP contribution in [0, 0.1) is 14.3 Å². The molecule has 0 atom stereocenters. The Hall–Kier alpha value is -8.28. The summed E-state index contributed by atoms with van der Waals surface area (Å²) in [7, 11) is 0. The van der Waals surface area contributed by atoms with Gasteiger partial charge < -0.3 is 19.9 Å². The molecular formula is C84H48I4N4. The minimum Gasteiger partial charge on any atom is -0.360 e. The Bertz CT molecular complexity index is 4960. The maximum Gasteiger partial charge on any atom is 0.0654 e. The molecule has 12 aromatic carbocycles. The lowest BCUT2D eigenvalue weighted by Gasteiger charge is -2.24. The first-order valence-electron chi connectivity index (χ1n) is 31.5. The molecule has 0 radical (unpaired) electrons. The molecule has 432 valence electrons. The van der Waals surface area contributed by atoms with E-state index < -0.39 is 0 Å². The number of halogens is 4. The van der Waals surface area contributed by atoms with E-state index in [9.17, 15) is 0 Å². The minimum absolute atomic E-state index is 0.301. The van der Waals surface area contributed by atoms with Crippen LogP contribution in [0.15, 0.2) is 243 Å². The third-order valence-corrected chi connectivity index (χ3v) is 24.0. The van der Waals surface area contributed by atoms with Crippen LogP contribution in [-0.2, 0) is 0 Å². The predicted octanol–water partition coefficient (Wildman–Crippen LogP) is 23.7. The van der Waals surface area contributed by atoms with Gasteiger partial charge in [-0.15, -0.1) is 0 Å². The molecular weight excluding hydrogens is 1570 g/mol. The highest BCUT2D eigenvalue weighted by Crippen LogP contribution is 2.65. The zero-order valence-electron chi connectivity index (χ0n) is 48.9. The van der Waals surface area contributed by atoms with Gasteiger partial charge in [-0.3, -0.25) is 0 Å². The van der Waals surface area contributed by atoms with Crippen molar-refractivity contribution in [2.45, 2.75) is 23.7 Å². The van der Waals surface area contributed by atoms with Gasteiger partial charge in [0.2, 0.25) is 0 Å². The molecule has 4 N–H and O–H groups in total. The van der Waals surface area contributed by atoms with Gasteiger partial charge in [-0.2, -0.15) is 0 Å². The van der Waals surface area contributed by atoms with Gasteiger partial charge in [-0.1, -0.05) is 194 Å². The summed E-state index contributed by atoms with van der Waals surface area (Å²) in [5, 5.41) is 10.2. The first kappa shape index (κ1) is 53.3. The van der Waals surface area contributed by atoms with E-state index in [-0.39, 0.29) is 23.7 Å². The fraction of sp³-hybridized carbons (Fsp3) is 0.0476. The summed E-state index contributed by atoms with van der Waals surface area (Å²) < 4.78 is 4.79. The number of aromatic nitrogens is 4. The first-order chi connectivity index (χ1) is 45.3. The van der Waals surface area contributed by atoms with Crippen LogP contribution >= 0.6 is 90.4 Å². The third-order valence-electron chi connectivity index (χ3n) is 21.1.